The first-order valence-corrected chi connectivity index (χ1v) is 6.83. The van der Waals surface area contributed by atoms with Gasteiger partial charge in [0, 0.05) is 12.2 Å². The molecule has 19 heavy (non-hydrogen) atoms. The second kappa shape index (κ2) is 7.92. The van der Waals surface area contributed by atoms with E-state index in [9.17, 15) is 4.79 Å². The molecule has 0 heterocycles. The van der Waals surface area contributed by atoms with Crippen molar-refractivity contribution in [3.8, 4) is 0 Å². The van der Waals surface area contributed by atoms with Crippen molar-refractivity contribution >= 4 is 11.6 Å². The van der Waals surface area contributed by atoms with Crippen LogP contribution in [0, 0.1) is 0 Å². The van der Waals surface area contributed by atoms with E-state index in [1.165, 1.54) is 5.56 Å². The Balaban J connectivity index is 2.58. The van der Waals surface area contributed by atoms with Gasteiger partial charge in [0.25, 0.3) is 0 Å². The molecule has 4 nitrogen and oxygen atoms in total. The number of nitrogens with two attached hydrogens (primary N) is 1. The van der Waals surface area contributed by atoms with Crippen LogP contribution in [-0.4, -0.2) is 30.9 Å². The number of anilines is 1. The lowest BCUT2D eigenvalue weighted by Gasteiger charge is -2.14. The molecular formula is C15H25N3O. The maximum Gasteiger partial charge on any atom is 0.241 e. The molecule has 4 heteroatoms. The molecule has 0 aliphatic carbocycles. The van der Waals surface area contributed by atoms with Gasteiger partial charge in [0.05, 0.1) is 6.04 Å². The van der Waals surface area contributed by atoms with Gasteiger partial charge in [-0.15, -0.1) is 0 Å². The van der Waals surface area contributed by atoms with Gasteiger partial charge < -0.3 is 16.0 Å². The minimum atomic E-state index is -0.419. The van der Waals surface area contributed by atoms with Gasteiger partial charge in [0.2, 0.25) is 5.91 Å². The van der Waals surface area contributed by atoms with Crippen LogP contribution in [0.1, 0.15) is 31.7 Å². The Morgan fingerprint density at radius 2 is 2.16 bits per heavy atom. The number of rotatable bonds is 7. The lowest BCUT2D eigenvalue weighted by Crippen LogP contribution is -2.35. The van der Waals surface area contributed by atoms with Gasteiger partial charge in [-0.2, -0.15) is 0 Å². The molecule has 0 aromatic heterocycles. The Labute approximate surface area is 116 Å². The predicted octanol–water partition coefficient (Wildman–Crippen LogP) is 2.20. The fourth-order valence-corrected chi connectivity index (χ4v) is 1.90. The molecule has 1 unspecified atom stereocenters. The molecule has 1 aromatic rings. The van der Waals surface area contributed by atoms with Gasteiger partial charge in [-0.25, -0.2) is 0 Å². The Morgan fingerprint density at radius 1 is 1.42 bits per heavy atom. The fraction of sp³-hybridized carbons (Fsp3) is 0.533. The monoisotopic (exact) mass is 263 g/mol. The van der Waals surface area contributed by atoms with Crippen LogP contribution in [0.25, 0.3) is 0 Å². The molecule has 1 amide bonds. The number of hydrogen-bond acceptors (Lipinski definition) is 3. The average molecular weight is 263 g/mol. The topological polar surface area (TPSA) is 58.4 Å². The second-order valence-electron chi connectivity index (χ2n) is 5.18. The van der Waals surface area contributed by atoms with Gasteiger partial charge >= 0.3 is 0 Å². The summed E-state index contributed by atoms with van der Waals surface area (Å²) in [7, 11) is 4.04. The number of benzene rings is 1. The molecule has 0 saturated heterocycles. The Bertz CT molecular complexity index is 404. The summed E-state index contributed by atoms with van der Waals surface area (Å²) in [6.45, 7) is 2.95. The Kier molecular flexibility index (Phi) is 6.53. The van der Waals surface area contributed by atoms with Crippen molar-refractivity contribution in [3.63, 3.8) is 0 Å². The molecule has 0 radical (unpaired) electrons. The predicted molar refractivity (Wildman–Crippen MR) is 80.0 cm³/mol. The highest BCUT2D eigenvalue weighted by molar-refractivity contribution is 5.94. The van der Waals surface area contributed by atoms with Crippen LogP contribution in [0.15, 0.2) is 24.3 Å². The van der Waals surface area contributed by atoms with E-state index in [1.54, 1.807) is 0 Å². The number of carbonyl (C=O) groups is 1. The van der Waals surface area contributed by atoms with Gasteiger partial charge in [-0.1, -0.05) is 31.9 Å². The number of carbonyl (C=O) groups excluding carboxylic acids is 1. The third kappa shape index (κ3) is 5.85. The van der Waals surface area contributed by atoms with Crippen molar-refractivity contribution in [1.82, 2.24) is 4.90 Å². The zero-order valence-corrected chi connectivity index (χ0v) is 12.1. The maximum atomic E-state index is 11.9. The summed E-state index contributed by atoms with van der Waals surface area (Å²) < 4.78 is 0. The van der Waals surface area contributed by atoms with E-state index in [1.807, 2.05) is 38.4 Å². The molecule has 0 bridgehead atoms. The minimum absolute atomic E-state index is 0.101. The van der Waals surface area contributed by atoms with E-state index in [4.69, 9.17) is 5.73 Å². The average Bonchev–Trinajstić information content (AvgIpc) is 2.35. The van der Waals surface area contributed by atoms with Crippen molar-refractivity contribution in [3.05, 3.63) is 29.8 Å². The van der Waals surface area contributed by atoms with Crippen LogP contribution >= 0.6 is 0 Å². The lowest BCUT2D eigenvalue weighted by atomic mass is 10.1. The van der Waals surface area contributed by atoms with Gasteiger partial charge in [0.15, 0.2) is 0 Å². The third-order valence-electron chi connectivity index (χ3n) is 2.90. The fourth-order valence-electron chi connectivity index (χ4n) is 1.90. The molecule has 0 fully saturated rings. The number of hydrogen-bond donors (Lipinski definition) is 2. The summed E-state index contributed by atoms with van der Waals surface area (Å²) in [4.78, 5) is 14.0. The number of unbranched alkanes of at least 4 members (excludes halogenated alkanes) is 1. The van der Waals surface area contributed by atoms with Crippen molar-refractivity contribution in [2.24, 2.45) is 5.73 Å². The SMILES string of the molecule is CCCCC(N)C(=O)Nc1cccc(CN(C)C)c1. The Hall–Kier alpha value is -1.39. The molecule has 0 saturated carbocycles. The van der Waals surface area contributed by atoms with E-state index >= 15 is 0 Å². The summed E-state index contributed by atoms with van der Waals surface area (Å²) >= 11 is 0. The first kappa shape index (κ1) is 15.7. The highest BCUT2D eigenvalue weighted by atomic mass is 16.2. The molecule has 1 aromatic carbocycles. The molecule has 0 aliphatic rings. The van der Waals surface area contributed by atoms with Crippen LogP contribution in [-0.2, 0) is 11.3 Å². The largest absolute Gasteiger partial charge is 0.325 e. The van der Waals surface area contributed by atoms with E-state index in [-0.39, 0.29) is 5.91 Å². The number of nitrogens with one attached hydrogen (secondary N) is 1. The normalized spacial score (nSPS) is 12.5. The van der Waals surface area contributed by atoms with E-state index in [0.29, 0.717) is 0 Å². The summed E-state index contributed by atoms with van der Waals surface area (Å²) in [6, 6.07) is 7.46. The highest BCUT2D eigenvalue weighted by Crippen LogP contribution is 2.12. The lowest BCUT2D eigenvalue weighted by molar-refractivity contribution is -0.117. The molecule has 0 aliphatic heterocycles. The van der Waals surface area contributed by atoms with E-state index in [2.05, 4.69) is 17.1 Å². The van der Waals surface area contributed by atoms with E-state index < -0.39 is 6.04 Å². The standard InChI is InChI=1S/C15H25N3O/c1-4-5-9-14(16)15(19)17-13-8-6-7-12(10-13)11-18(2)3/h6-8,10,14H,4-5,9,11,16H2,1-3H3,(H,17,19). The highest BCUT2D eigenvalue weighted by Gasteiger charge is 2.12. The summed E-state index contributed by atoms with van der Waals surface area (Å²) in [6.07, 6.45) is 2.77. The van der Waals surface area contributed by atoms with Crippen LogP contribution in [0.2, 0.25) is 0 Å². The van der Waals surface area contributed by atoms with Crippen molar-refractivity contribution < 1.29 is 4.79 Å². The van der Waals surface area contributed by atoms with Crippen molar-refractivity contribution in [2.45, 2.75) is 38.8 Å². The summed E-state index contributed by atoms with van der Waals surface area (Å²) in [5.41, 5.74) is 7.84. The zero-order valence-electron chi connectivity index (χ0n) is 12.1. The zero-order chi connectivity index (χ0) is 14.3. The minimum Gasteiger partial charge on any atom is -0.325 e. The van der Waals surface area contributed by atoms with Crippen LogP contribution < -0.4 is 11.1 Å². The van der Waals surface area contributed by atoms with Crippen molar-refractivity contribution in [2.75, 3.05) is 19.4 Å². The number of nitrogens with zero attached hydrogens (tertiary/aromatic N) is 1. The van der Waals surface area contributed by atoms with Gasteiger partial charge in [-0.3, -0.25) is 4.79 Å². The molecular weight excluding hydrogens is 238 g/mol. The van der Waals surface area contributed by atoms with Crippen molar-refractivity contribution in [1.29, 1.82) is 0 Å². The molecule has 106 valence electrons. The second-order valence-corrected chi connectivity index (χ2v) is 5.18. The van der Waals surface area contributed by atoms with Gasteiger partial charge in [0.1, 0.15) is 0 Å². The van der Waals surface area contributed by atoms with Crippen LogP contribution in [0.4, 0.5) is 5.69 Å². The molecule has 1 rings (SSSR count). The molecule has 0 spiro atoms. The summed E-state index contributed by atoms with van der Waals surface area (Å²) in [5, 5.41) is 2.88. The molecule has 3 N–H and O–H groups in total. The summed E-state index contributed by atoms with van der Waals surface area (Å²) in [5.74, 6) is -0.101. The third-order valence-corrected chi connectivity index (χ3v) is 2.90. The first-order valence-electron chi connectivity index (χ1n) is 6.83. The van der Waals surface area contributed by atoms with Gasteiger partial charge in [-0.05, 0) is 38.2 Å². The maximum absolute atomic E-state index is 11.9. The quantitative estimate of drug-likeness (QED) is 0.793. The first-order chi connectivity index (χ1) is 9.02. The smallest absolute Gasteiger partial charge is 0.241 e. The Morgan fingerprint density at radius 3 is 2.79 bits per heavy atom. The number of amides is 1. The molecule has 1 atom stereocenters. The van der Waals surface area contributed by atoms with Crippen LogP contribution in [0.5, 0.6) is 0 Å². The van der Waals surface area contributed by atoms with Crippen LogP contribution in [0.3, 0.4) is 0 Å². The van der Waals surface area contributed by atoms with E-state index in [0.717, 1.165) is 31.5 Å².